The molecule has 5 nitrogen and oxygen atoms in total. The number of halogens is 1. The first kappa shape index (κ1) is 21.0. The van der Waals surface area contributed by atoms with Crippen LogP contribution in [0.2, 0.25) is 0 Å². The quantitative estimate of drug-likeness (QED) is 0.420. The van der Waals surface area contributed by atoms with Crippen LogP contribution in [0.25, 0.3) is 17.0 Å². The molecule has 0 radical (unpaired) electrons. The van der Waals surface area contributed by atoms with E-state index in [0.29, 0.717) is 18.7 Å². The number of benzene rings is 2. The SMILES string of the molecule is O=C(/C=C/c1cn(C[C@H](O)CN2CCOCC2)c2ccccc12)c1ccc(Br)cc1. The molecule has 156 valence electrons. The minimum absolute atomic E-state index is 0.0355. The van der Waals surface area contributed by atoms with Crippen LogP contribution in [0.15, 0.2) is 65.3 Å². The number of ketones is 1. The molecule has 6 heteroatoms. The van der Waals surface area contributed by atoms with Crippen molar-refractivity contribution >= 4 is 38.7 Å². The van der Waals surface area contributed by atoms with Crippen LogP contribution in [-0.2, 0) is 11.3 Å². The zero-order valence-corrected chi connectivity index (χ0v) is 18.3. The highest BCUT2D eigenvalue weighted by atomic mass is 79.9. The van der Waals surface area contributed by atoms with Gasteiger partial charge in [-0.05, 0) is 42.5 Å². The predicted octanol–water partition coefficient (Wildman–Crippen LogP) is 3.99. The van der Waals surface area contributed by atoms with Gasteiger partial charge in [0.25, 0.3) is 0 Å². The van der Waals surface area contributed by atoms with E-state index < -0.39 is 6.10 Å². The number of ether oxygens (including phenoxy) is 1. The second-order valence-corrected chi connectivity index (χ2v) is 8.44. The Hall–Kier alpha value is -2.25. The molecule has 0 saturated carbocycles. The summed E-state index contributed by atoms with van der Waals surface area (Å²) >= 11 is 3.39. The fourth-order valence-corrected chi connectivity index (χ4v) is 4.07. The highest BCUT2D eigenvalue weighted by Crippen LogP contribution is 2.23. The summed E-state index contributed by atoms with van der Waals surface area (Å²) in [4.78, 5) is 14.7. The van der Waals surface area contributed by atoms with Crippen LogP contribution in [0.3, 0.4) is 0 Å². The van der Waals surface area contributed by atoms with Crippen molar-refractivity contribution in [3.8, 4) is 0 Å². The Morgan fingerprint density at radius 2 is 1.83 bits per heavy atom. The normalized spacial score (nSPS) is 16.3. The Balaban J connectivity index is 1.51. The molecule has 3 aromatic rings. The molecule has 0 unspecified atom stereocenters. The number of carbonyl (C=O) groups is 1. The lowest BCUT2D eigenvalue weighted by molar-refractivity contribution is 0.0117. The number of fused-ring (bicyclic) bond motifs is 1. The van der Waals surface area contributed by atoms with Gasteiger partial charge in [0.2, 0.25) is 0 Å². The van der Waals surface area contributed by atoms with Crippen molar-refractivity contribution in [3.05, 3.63) is 76.4 Å². The molecule has 4 rings (SSSR count). The highest BCUT2D eigenvalue weighted by Gasteiger charge is 2.16. The third-order valence-electron chi connectivity index (χ3n) is 5.34. The number of hydrogen-bond donors (Lipinski definition) is 1. The standard InChI is InChI=1S/C24H25BrN2O3/c25-20-8-5-18(6-9-20)24(29)10-7-19-15-27(23-4-2-1-3-22(19)23)17-21(28)16-26-11-13-30-14-12-26/h1-10,15,21,28H,11-14,16-17H2/b10-7+/t21-/m1/s1. The molecule has 0 aliphatic carbocycles. The second-order valence-electron chi connectivity index (χ2n) is 7.53. The summed E-state index contributed by atoms with van der Waals surface area (Å²) < 4.78 is 8.40. The van der Waals surface area contributed by atoms with Gasteiger partial charge in [-0.1, -0.05) is 34.1 Å². The number of carbonyl (C=O) groups excluding carboxylic acids is 1. The largest absolute Gasteiger partial charge is 0.390 e. The van der Waals surface area contributed by atoms with E-state index >= 15 is 0 Å². The molecular weight excluding hydrogens is 444 g/mol. The molecule has 1 atom stereocenters. The van der Waals surface area contributed by atoms with Crippen LogP contribution < -0.4 is 0 Å². The minimum atomic E-state index is -0.472. The molecule has 1 fully saturated rings. The number of aliphatic hydroxyl groups excluding tert-OH is 1. The van der Waals surface area contributed by atoms with Crippen LogP contribution in [0.1, 0.15) is 15.9 Å². The molecular formula is C24H25BrN2O3. The van der Waals surface area contributed by atoms with Crippen molar-refractivity contribution in [2.24, 2.45) is 0 Å². The molecule has 1 saturated heterocycles. The van der Waals surface area contributed by atoms with Crippen LogP contribution >= 0.6 is 15.9 Å². The maximum Gasteiger partial charge on any atom is 0.185 e. The number of allylic oxidation sites excluding steroid dienone is 1. The van der Waals surface area contributed by atoms with E-state index in [4.69, 9.17) is 4.74 Å². The fourth-order valence-electron chi connectivity index (χ4n) is 3.80. The fraction of sp³-hybridized carbons (Fsp3) is 0.292. The monoisotopic (exact) mass is 468 g/mol. The number of β-amino-alcohol motifs (C(OH)–C–C–N with tert-alkyl or cyclic N) is 1. The van der Waals surface area contributed by atoms with E-state index in [2.05, 4.69) is 25.4 Å². The van der Waals surface area contributed by atoms with E-state index in [-0.39, 0.29) is 5.78 Å². The van der Waals surface area contributed by atoms with Gasteiger partial charge in [0.15, 0.2) is 5.78 Å². The maximum absolute atomic E-state index is 12.5. The summed E-state index contributed by atoms with van der Waals surface area (Å²) in [5.41, 5.74) is 2.67. The number of para-hydroxylation sites is 1. The lowest BCUT2D eigenvalue weighted by atomic mass is 10.1. The molecule has 1 aliphatic rings. The number of aromatic nitrogens is 1. The third-order valence-corrected chi connectivity index (χ3v) is 5.87. The first-order valence-electron chi connectivity index (χ1n) is 10.1. The van der Waals surface area contributed by atoms with Crippen LogP contribution in [0.4, 0.5) is 0 Å². The maximum atomic E-state index is 12.5. The Morgan fingerprint density at radius 3 is 2.60 bits per heavy atom. The zero-order valence-electron chi connectivity index (χ0n) is 16.7. The Bertz CT molecular complexity index is 1040. The molecule has 1 aliphatic heterocycles. The minimum Gasteiger partial charge on any atom is -0.390 e. The second kappa shape index (κ2) is 9.71. The molecule has 1 aromatic heterocycles. The summed E-state index contributed by atoms with van der Waals surface area (Å²) in [6, 6.07) is 15.4. The van der Waals surface area contributed by atoms with Gasteiger partial charge in [0.1, 0.15) is 0 Å². The molecule has 30 heavy (non-hydrogen) atoms. The Kier molecular flexibility index (Phi) is 6.79. The number of aliphatic hydroxyl groups is 1. The van der Waals surface area contributed by atoms with E-state index in [1.807, 2.05) is 60.8 Å². The van der Waals surface area contributed by atoms with E-state index in [0.717, 1.165) is 47.2 Å². The van der Waals surface area contributed by atoms with Gasteiger partial charge >= 0.3 is 0 Å². The molecule has 1 N–H and O–H groups in total. The van der Waals surface area contributed by atoms with E-state index in [1.54, 1.807) is 6.08 Å². The van der Waals surface area contributed by atoms with Crippen LogP contribution in [0.5, 0.6) is 0 Å². The number of hydrogen-bond acceptors (Lipinski definition) is 4. The summed E-state index contributed by atoms with van der Waals surface area (Å²) in [5.74, 6) is -0.0355. The summed E-state index contributed by atoms with van der Waals surface area (Å²) in [7, 11) is 0. The third kappa shape index (κ3) is 5.08. The lowest BCUT2D eigenvalue weighted by Crippen LogP contribution is -2.41. The van der Waals surface area contributed by atoms with E-state index in [9.17, 15) is 9.90 Å². The highest BCUT2D eigenvalue weighted by molar-refractivity contribution is 9.10. The molecule has 0 spiro atoms. The van der Waals surface area contributed by atoms with Gasteiger partial charge in [-0.25, -0.2) is 0 Å². The first-order chi connectivity index (χ1) is 14.6. The van der Waals surface area contributed by atoms with Crippen molar-refractivity contribution in [2.75, 3.05) is 32.8 Å². The molecule has 2 aromatic carbocycles. The Morgan fingerprint density at radius 1 is 1.10 bits per heavy atom. The van der Waals surface area contributed by atoms with Crippen molar-refractivity contribution in [3.63, 3.8) is 0 Å². The number of morpholine rings is 1. The number of rotatable bonds is 7. The van der Waals surface area contributed by atoms with Crippen molar-refractivity contribution < 1.29 is 14.6 Å². The van der Waals surface area contributed by atoms with Gasteiger partial charge in [-0.2, -0.15) is 0 Å². The van der Waals surface area contributed by atoms with Crippen molar-refractivity contribution in [1.29, 1.82) is 0 Å². The molecule has 0 bridgehead atoms. The van der Waals surface area contributed by atoms with Gasteiger partial charge in [0, 0.05) is 58.9 Å². The average molecular weight is 469 g/mol. The van der Waals surface area contributed by atoms with Gasteiger partial charge in [0.05, 0.1) is 19.3 Å². The smallest absolute Gasteiger partial charge is 0.185 e. The Labute approximate surface area is 184 Å². The summed E-state index contributed by atoms with van der Waals surface area (Å²) in [6.45, 7) is 4.29. The van der Waals surface area contributed by atoms with Crippen LogP contribution in [0, 0.1) is 0 Å². The molecule has 0 amide bonds. The van der Waals surface area contributed by atoms with Gasteiger partial charge in [-0.15, -0.1) is 0 Å². The van der Waals surface area contributed by atoms with Crippen LogP contribution in [-0.4, -0.2) is 59.3 Å². The summed E-state index contributed by atoms with van der Waals surface area (Å²) in [5, 5.41) is 11.7. The average Bonchev–Trinajstić information content (AvgIpc) is 3.10. The van der Waals surface area contributed by atoms with Gasteiger partial charge in [-0.3, -0.25) is 9.69 Å². The van der Waals surface area contributed by atoms with E-state index in [1.165, 1.54) is 0 Å². The topological polar surface area (TPSA) is 54.7 Å². The first-order valence-corrected chi connectivity index (χ1v) is 10.9. The summed E-state index contributed by atoms with van der Waals surface area (Å²) in [6.07, 6.45) is 5.01. The van der Waals surface area contributed by atoms with Crippen molar-refractivity contribution in [1.82, 2.24) is 9.47 Å². The van der Waals surface area contributed by atoms with Gasteiger partial charge < -0.3 is 14.4 Å². The molecule has 2 heterocycles. The lowest BCUT2D eigenvalue weighted by Gasteiger charge is -2.28. The zero-order chi connectivity index (χ0) is 20.9. The van der Waals surface area contributed by atoms with Crippen molar-refractivity contribution in [2.45, 2.75) is 12.6 Å². The predicted molar refractivity (Wildman–Crippen MR) is 123 cm³/mol. The number of nitrogens with zero attached hydrogens (tertiary/aromatic N) is 2.